The molecule has 1 fully saturated rings. The summed E-state index contributed by atoms with van der Waals surface area (Å²) in [5, 5.41) is 3.83. The van der Waals surface area contributed by atoms with E-state index in [9.17, 15) is 8.42 Å². The van der Waals surface area contributed by atoms with Gasteiger partial charge in [-0.2, -0.15) is 0 Å². The Balaban J connectivity index is 1.92. The molecule has 0 amide bonds. The van der Waals surface area contributed by atoms with Gasteiger partial charge in [-0.1, -0.05) is 19.0 Å². The van der Waals surface area contributed by atoms with Crippen LogP contribution in [0.15, 0.2) is 4.52 Å². The molecular formula is C16H27NO3S. The van der Waals surface area contributed by atoms with Gasteiger partial charge in [0.1, 0.15) is 5.76 Å². The number of sulfone groups is 1. The van der Waals surface area contributed by atoms with Crippen LogP contribution in [0.5, 0.6) is 0 Å². The predicted octanol–water partition coefficient (Wildman–Crippen LogP) is 3.67. The van der Waals surface area contributed by atoms with E-state index in [0.29, 0.717) is 17.4 Å². The van der Waals surface area contributed by atoms with Gasteiger partial charge in [0.2, 0.25) is 0 Å². The van der Waals surface area contributed by atoms with Gasteiger partial charge in [0, 0.05) is 5.56 Å². The van der Waals surface area contributed by atoms with E-state index in [1.54, 1.807) is 13.8 Å². The number of aromatic nitrogens is 1. The standard InChI is InChI=1S/C16H27NO3S/c1-11-7-12(2)9-15(8-11)5-6-21(18,19)10-16-13(3)17-20-14(16)4/h11-12,15H,5-10H2,1-4H3/t11-,12-/m0/s1. The average molecular weight is 313 g/mol. The molecule has 0 radical (unpaired) electrons. The molecule has 1 aromatic rings. The Hall–Kier alpha value is -0.840. The Morgan fingerprint density at radius 1 is 1.14 bits per heavy atom. The molecule has 1 aliphatic rings. The molecule has 21 heavy (non-hydrogen) atoms. The molecule has 1 aliphatic carbocycles. The van der Waals surface area contributed by atoms with Crippen LogP contribution in [0.3, 0.4) is 0 Å². The Labute approximate surface area is 128 Å². The smallest absolute Gasteiger partial charge is 0.154 e. The van der Waals surface area contributed by atoms with E-state index in [1.807, 2.05) is 0 Å². The highest BCUT2D eigenvalue weighted by atomic mass is 32.2. The minimum absolute atomic E-state index is 0.0615. The maximum atomic E-state index is 12.3. The summed E-state index contributed by atoms with van der Waals surface area (Å²) in [7, 11) is -3.08. The van der Waals surface area contributed by atoms with Gasteiger partial charge >= 0.3 is 0 Å². The highest BCUT2D eigenvalue weighted by Gasteiger charge is 2.26. The summed E-state index contributed by atoms with van der Waals surface area (Å²) in [5.41, 5.74) is 1.43. The van der Waals surface area contributed by atoms with Crippen LogP contribution in [0, 0.1) is 31.6 Å². The molecule has 2 atom stereocenters. The highest BCUT2D eigenvalue weighted by molar-refractivity contribution is 7.90. The lowest BCUT2D eigenvalue weighted by Gasteiger charge is -2.31. The summed E-state index contributed by atoms with van der Waals surface area (Å²) in [6.45, 7) is 8.13. The van der Waals surface area contributed by atoms with Crippen molar-refractivity contribution in [2.45, 2.75) is 59.1 Å². The molecule has 5 heteroatoms. The van der Waals surface area contributed by atoms with Crippen LogP contribution in [-0.2, 0) is 15.6 Å². The second kappa shape index (κ2) is 6.51. The van der Waals surface area contributed by atoms with Crippen LogP contribution in [0.4, 0.5) is 0 Å². The first kappa shape index (κ1) is 16.5. The van der Waals surface area contributed by atoms with Crippen molar-refractivity contribution in [2.75, 3.05) is 5.75 Å². The van der Waals surface area contributed by atoms with Gasteiger partial charge < -0.3 is 4.52 Å². The van der Waals surface area contributed by atoms with Gasteiger partial charge in [0.15, 0.2) is 9.84 Å². The number of aryl methyl sites for hydroxylation is 2. The third-order valence-corrected chi connectivity index (χ3v) is 6.24. The predicted molar refractivity (Wildman–Crippen MR) is 83.8 cm³/mol. The van der Waals surface area contributed by atoms with Gasteiger partial charge in [-0.15, -0.1) is 0 Å². The van der Waals surface area contributed by atoms with Crippen LogP contribution >= 0.6 is 0 Å². The number of hydrogen-bond acceptors (Lipinski definition) is 4. The molecule has 0 aromatic carbocycles. The zero-order chi connectivity index (χ0) is 15.6. The fourth-order valence-corrected chi connectivity index (χ4v) is 5.38. The summed E-state index contributed by atoms with van der Waals surface area (Å²) in [5.74, 6) is 2.97. The molecular weight excluding hydrogens is 286 g/mol. The second-order valence-electron chi connectivity index (χ2n) is 6.97. The number of rotatable bonds is 5. The van der Waals surface area contributed by atoms with E-state index in [-0.39, 0.29) is 11.5 Å². The van der Waals surface area contributed by atoms with Gasteiger partial charge in [0.25, 0.3) is 0 Å². The van der Waals surface area contributed by atoms with Gasteiger partial charge in [-0.05, 0) is 57.3 Å². The van der Waals surface area contributed by atoms with Gasteiger partial charge in [-0.3, -0.25) is 0 Å². The zero-order valence-electron chi connectivity index (χ0n) is 13.6. The molecule has 2 rings (SSSR count). The lowest BCUT2D eigenvalue weighted by molar-refractivity contribution is 0.215. The first-order valence-electron chi connectivity index (χ1n) is 7.89. The van der Waals surface area contributed by atoms with Gasteiger partial charge in [-0.25, -0.2) is 8.42 Å². The van der Waals surface area contributed by atoms with E-state index >= 15 is 0 Å². The summed E-state index contributed by atoms with van der Waals surface area (Å²) < 4.78 is 29.7. The Kier molecular flexibility index (Phi) is 5.12. The maximum absolute atomic E-state index is 12.3. The molecule has 0 unspecified atom stereocenters. The topological polar surface area (TPSA) is 60.2 Å². The van der Waals surface area contributed by atoms with Crippen molar-refractivity contribution in [2.24, 2.45) is 17.8 Å². The minimum atomic E-state index is -3.08. The molecule has 1 heterocycles. The van der Waals surface area contributed by atoms with Crippen LogP contribution < -0.4 is 0 Å². The molecule has 0 bridgehead atoms. The lowest BCUT2D eigenvalue weighted by atomic mass is 9.76. The van der Waals surface area contributed by atoms with E-state index in [1.165, 1.54) is 19.3 Å². The highest BCUT2D eigenvalue weighted by Crippen LogP contribution is 2.35. The van der Waals surface area contributed by atoms with Gasteiger partial charge in [0.05, 0.1) is 17.2 Å². The van der Waals surface area contributed by atoms with Crippen molar-refractivity contribution in [3.05, 3.63) is 17.0 Å². The van der Waals surface area contributed by atoms with Crippen molar-refractivity contribution < 1.29 is 12.9 Å². The monoisotopic (exact) mass is 313 g/mol. The second-order valence-corrected chi connectivity index (χ2v) is 9.15. The summed E-state index contributed by atoms with van der Waals surface area (Å²) in [6.07, 6.45) is 4.42. The molecule has 4 nitrogen and oxygen atoms in total. The van der Waals surface area contributed by atoms with Crippen LogP contribution in [0.25, 0.3) is 0 Å². The largest absolute Gasteiger partial charge is 0.361 e. The van der Waals surface area contributed by atoms with Crippen molar-refractivity contribution in [3.63, 3.8) is 0 Å². The summed E-state index contributed by atoms with van der Waals surface area (Å²) in [4.78, 5) is 0. The van der Waals surface area contributed by atoms with Crippen LogP contribution in [0.2, 0.25) is 0 Å². The van der Waals surface area contributed by atoms with Crippen molar-refractivity contribution in [1.82, 2.24) is 5.16 Å². The Morgan fingerprint density at radius 3 is 2.29 bits per heavy atom. The third kappa shape index (κ3) is 4.56. The molecule has 1 saturated carbocycles. The van der Waals surface area contributed by atoms with Crippen molar-refractivity contribution in [3.8, 4) is 0 Å². The molecule has 0 saturated heterocycles. The minimum Gasteiger partial charge on any atom is -0.361 e. The van der Waals surface area contributed by atoms with Crippen LogP contribution in [-0.4, -0.2) is 19.3 Å². The molecule has 120 valence electrons. The summed E-state index contributed by atoms with van der Waals surface area (Å²) in [6, 6.07) is 0. The maximum Gasteiger partial charge on any atom is 0.154 e. The normalized spacial score (nSPS) is 27.0. The lowest BCUT2D eigenvalue weighted by Crippen LogP contribution is -2.22. The van der Waals surface area contributed by atoms with E-state index in [4.69, 9.17) is 4.52 Å². The third-order valence-electron chi connectivity index (χ3n) is 4.66. The van der Waals surface area contributed by atoms with Crippen molar-refractivity contribution >= 4 is 9.84 Å². The summed E-state index contributed by atoms with van der Waals surface area (Å²) >= 11 is 0. The molecule has 0 spiro atoms. The van der Waals surface area contributed by atoms with Crippen molar-refractivity contribution in [1.29, 1.82) is 0 Å². The van der Waals surface area contributed by atoms with E-state index in [2.05, 4.69) is 19.0 Å². The SMILES string of the molecule is Cc1noc(C)c1CS(=O)(=O)CCC1C[C@@H](C)C[C@H](C)C1. The first-order valence-corrected chi connectivity index (χ1v) is 9.71. The quantitative estimate of drug-likeness (QED) is 0.832. The first-order chi connectivity index (χ1) is 9.77. The fourth-order valence-electron chi connectivity index (χ4n) is 3.70. The average Bonchev–Trinajstić information content (AvgIpc) is 2.67. The molecule has 1 aromatic heterocycles. The number of nitrogens with zero attached hydrogens (tertiary/aromatic N) is 1. The fraction of sp³-hybridized carbons (Fsp3) is 0.812. The van der Waals surface area contributed by atoms with Crippen LogP contribution in [0.1, 0.15) is 56.5 Å². The number of hydrogen-bond donors (Lipinski definition) is 0. The molecule has 0 N–H and O–H groups in total. The van der Waals surface area contributed by atoms with E-state index < -0.39 is 9.84 Å². The Morgan fingerprint density at radius 2 is 1.76 bits per heavy atom. The zero-order valence-corrected chi connectivity index (χ0v) is 14.4. The Bertz CT molecular complexity index is 547. The van der Waals surface area contributed by atoms with E-state index in [0.717, 1.165) is 23.8 Å². The molecule has 0 aliphatic heterocycles.